The smallest absolute Gasteiger partial charge is 0.249 e. The van der Waals surface area contributed by atoms with Gasteiger partial charge in [0.05, 0.1) is 18.8 Å². The topological polar surface area (TPSA) is 110 Å². The lowest BCUT2D eigenvalue weighted by Crippen LogP contribution is -2.53. The highest BCUT2D eigenvalue weighted by Gasteiger charge is 2.28. The van der Waals surface area contributed by atoms with Crippen molar-refractivity contribution in [2.24, 2.45) is 0 Å². The number of rotatable bonds is 35. The van der Waals surface area contributed by atoms with Gasteiger partial charge in [-0.25, -0.2) is 0 Å². The van der Waals surface area contributed by atoms with Crippen molar-refractivity contribution in [1.82, 2.24) is 5.32 Å². The summed E-state index contributed by atoms with van der Waals surface area (Å²) < 4.78 is 0. The first kappa shape index (κ1) is 44.0. The number of allylic oxidation sites excluding steroid dienone is 2. The third-order valence-corrected chi connectivity index (χ3v) is 9.23. The average Bonchev–Trinajstić information content (AvgIpc) is 3.04. The van der Waals surface area contributed by atoms with Crippen molar-refractivity contribution in [1.29, 1.82) is 0 Å². The van der Waals surface area contributed by atoms with E-state index < -0.39 is 36.9 Å². The molecular formula is C39H77NO5. The highest BCUT2D eigenvalue weighted by atomic mass is 16.3. The van der Waals surface area contributed by atoms with Crippen molar-refractivity contribution >= 4 is 5.91 Å². The fourth-order valence-corrected chi connectivity index (χ4v) is 6.04. The van der Waals surface area contributed by atoms with E-state index in [1.807, 2.05) is 0 Å². The second-order valence-electron chi connectivity index (χ2n) is 13.6. The van der Waals surface area contributed by atoms with Crippen molar-refractivity contribution in [2.45, 2.75) is 224 Å². The lowest BCUT2D eigenvalue weighted by Gasteiger charge is -2.27. The minimum absolute atomic E-state index is 0.364. The monoisotopic (exact) mass is 640 g/mol. The van der Waals surface area contributed by atoms with Crippen LogP contribution in [0.1, 0.15) is 200 Å². The van der Waals surface area contributed by atoms with E-state index in [0.717, 1.165) is 44.9 Å². The summed E-state index contributed by atoms with van der Waals surface area (Å²) in [5, 5.41) is 43.2. The van der Waals surface area contributed by atoms with E-state index in [4.69, 9.17) is 0 Å². The van der Waals surface area contributed by atoms with Crippen LogP contribution in [0.25, 0.3) is 0 Å². The lowest BCUT2D eigenvalue weighted by molar-refractivity contribution is -0.132. The van der Waals surface area contributed by atoms with E-state index in [9.17, 15) is 25.2 Å². The number of amides is 1. The highest BCUT2D eigenvalue weighted by Crippen LogP contribution is 2.15. The van der Waals surface area contributed by atoms with Gasteiger partial charge in [-0.3, -0.25) is 4.79 Å². The van der Waals surface area contributed by atoms with Crippen molar-refractivity contribution < 1.29 is 25.2 Å². The molecule has 0 saturated carbocycles. The molecule has 0 spiro atoms. The predicted octanol–water partition coefficient (Wildman–Crippen LogP) is 9.46. The first-order valence-corrected chi connectivity index (χ1v) is 19.6. The zero-order valence-electron chi connectivity index (χ0n) is 29.9. The van der Waals surface area contributed by atoms with Crippen LogP contribution in [-0.4, -0.2) is 57.3 Å². The summed E-state index contributed by atoms with van der Waals surface area (Å²) in [5.41, 5.74) is 0. The van der Waals surface area contributed by atoms with Crippen LogP contribution >= 0.6 is 0 Å². The van der Waals surface area contributed by atoms with Gasteiger partial charge in [0.1, 0.15) is 12.2 Å². The zero-order chi connectivity index (χ0) is 33.2. The summed E-state index contributed by atoms with van der Waals surface area (Å²) in [7, 11) is 0. The van der Waals surface area contributed by atoms with E-state index in [1.54, 1.807) is 0 Å². The number of carbonyl (C=O) groups excluding carboxylic acids is 1. The van der Waals surface area contributed by atoms with Crippen LogP contribution in [0.4, 0.5) is 0 Å². The second kappa shape index (κ2) is 34.4. The quantitative estimate of drug-likeness (QED) is 0.0350. The summed E-state index contributed by atoms with van der Waals surface area (Å²) in [4.78, 5) is 12.4. The summed E-state index contributed by atoms with van der Waals surface area (Å²) in [6.07, 6.45) is 35.5. The van der Waals surface area contributed by atoms with Crippen LogP contribution in [-0.2, 0) is 4.79 Å². The molecule has 0 aromatic rings. The Morgan fingerprint density at radius 3 is 1.29 bits per heavy atom. The molecule has 0 aromatic heterocycles. The molecule has 1 amide bonds. The number of carbonyl (C=O) groups is 1. The molecule has 5 N–H and O–H groups in total. The van der Waals surface area contributed by atoms with E-state index >= 15 is 0 Å². The number of hydrogen-bond acceptors (Lipinski definition) is 5. The van der Waals surface area contributed by atoms with Gasteiger partial charge in [-0.05, 0) is 38.5 Å². The molecule has 45 heavy (non-hydrogen) atoms. The highest BCUT2D eigenvalue weighted by molar-refractivity contribution is 5.80. The van der Waals surface area contributed by atoms with Gasteiger partial charge in [-0.15, -0.1) is 0 Å². The molecule has 0 radical (unpaired) electrons. The van der Waals surface area contributed by atoms with E-state index in [0.29, 0.717) is 12.8 Å². The van der Waals surface area contributed by atoms with E-state index in [-0.39, 0.29) is 0 Å². The Hall–Kier alpha value is -0.950. The van der Waals surface area contributed by atoms with Crippen LogP contribution in [0, 0.1) is 0 Å². The third-order valence-electron chi connectivity index (χ3n) is 9.23. The molecule has 268 valence electrons. The minimum Gasteiger partial charge on any atom is -0.394 e. The van der Waals surface area contributed by atoms with Gasteiger partial charge in [0.25, 0.3) is 0 Å². The zero-order valence-corrected chi connectivity index (χ0v) is 29.9. The first-order valence-electron chi connectivity index (χ1n) is 19.6. The lowest BCUT2D eigenvalue weighted by atomic mass is 9.99. The largest absolute Gasteiger partial charge is 0.394 e. The van der Waals surface area contributed by atoms with Gasteiger partial charge in [-0.2, -0.15) is 0 Å². The maximum absolute atomic E-state index is 12.4. The predicted molar refractivity (Wildman–Crippen MR) is 191 cm³/mol. The van der Waals surface area contributed by atoms with E-state index in [1.165, 1.54) is 128 Å². The Bertz CT molecular complexity index is 643. The molecule has 6 nitrogen and oxygen atoms in total. The Morgan fingerprint density at radius 1 is 0.533 bits per heavy atom. The van der Waals surface area contributed by atoms with Crippen molar-refractivity contribution in [3.05, 3.63) is 12.2 Å². The van der Waals surface area contributed by atoms with Crippen LogP contribution in [0.2, 0.25) is 0 Å². The SMILES string of the molecule is CCCCCCCCCCCCCC/C=C\CCCCCCCCC(O)C(=O)NC(CO)C(O)C(O)CCCCCCCCC. The second-order valence-corrected chi connectivity index (χ2v) is 13.6. The summed E-state index contributed by atoms with van der Waals surface area (Å²) >= 11 is 0. The molecule has 4 atom stereocenters. The maximum atomic E-state index is 12.4. The summed E-state index contributed by atoms with van der Waals surface area (Å²) in [5.74, 6) is -0.591. The molecule has 0 aliphatic rings. The van der Waals surface area contributed by atoms with Crippen LogP contribution in [0.3, 0.4) is 0 Å². The van der Waals surface area contributed by atoms with Crippen molar-refractivity contribution in [3.8, 4) is 0 Å². The van der Waals surface area contributed by atoms with Gasteiger partial charge in [0, 0.05) is 0 Å². The molecule has 0 aliphatic carbocycles. The van der Waals surface area contributed by atoms with Crippen LogP contribution in [0.5, 0.6) is 0 Å². The Labute approximate surface area is 279 Å². The molecular weight excluding hydrogens is 562 g/mol. The first-order chi connectivity index (χ1) is 22.0. The molecule has 4 unspecified atom stereocenters. The van der Waals surface area contributed by atoms with Gasteiger partial charge >= 0.3 is 0 Å². The standard InChI is InChI=1S/C39H77NO5/c1-3-5-7-9-11-12-13-14-15-16-17-18-19-20-21-22-23-24-25-27-29-31-33-37(43)39(45)40-35(34-41)38(44)36(42)32-30-28-26-10-8-6-4-2/h20-21,35-38,41-44H,3-19,22-34H2,1-2H3,(H,40,45)/b21-20-. The van der Waals surface area contributed by atoms with Gasteiger partial charge in [-0.1, -0.05) is 174 Å². The van der Waals surface area contributed by atoms with Crippen LogP contribution in [0.15, 0.2) is 12.2 Å². The minimum atomic E-state index is -1.25. The summed E-state index contributed by atoms with van der Waals surface area (Å²) in [6.45, 7) is 3.99. The average molecular weight is 640 g/mol. The maximum Gasteiger partial charge on any atom is 0.249 e. The molecule has 0 saturated heterocycles. The number of aliphatic hydroxyl groups excluding tert-OH is 4. The summed E-state index contributed by atoms with van der Waals surface area (Å²) in [6, 6.07) is -0.981. The van der Waals surface area contributed by atoms with E-state index in [2.05, 4.69) is 31.3 Å². The number of nitrogens with one attached hydrogen (secondary N) is 1. The Kier molecular flexibility index (Phi) is 33.7. The molecule has 0 aromatic carbocycles. The fourth-order valence-electron chi connectivity index (χ4n) is 6.04. The number of unbranched alkanes of at least 4 members (excludes halogenated alkanes) is 24. The van der Waals surface area contributed by atoms with Crippen molar-refractivity contribution in [3.63, 3.8) is 0 Å². The van der Waals surface area contributed by atoms with Gasteiger partial charge in [0.15, 0.2) is 0 Å². The van der Waals surface area contributed by atoms with Crippen molar-refractivity contribution in [2.75, 3.05) is 6.61 Å². The number of aliphatic hydroxyl groups is 4. The van der Waals surface area contributed by atoms with Gasteiger partial charge in [0.2, 0.25) is 5.91 Å². The molecule has 0 fully saturated rings. The Balaban J connectivity index is 3.68. The molecule has 0 heterocycles. The number of hydrogen-bond donors (Lipinski definition) is 5. The molecule has 6 heteroatoms. The fraction of sp³-hybridized carbons (Fsp3) is 0.923. The molecule has 0 bridgehead atoms. The van der Waals surface area contributed by atoms with Crippen LogP contribution < -0.4 is 5.32 Å². The van der Waals surface area contributed by atoms with Gasteiger partial charge < -0.3 is 25.7 Å². The molecule has 0 aliphatic heterocycles. The molecule has 0 rings (SSSR count). The Morgan fingerprint density at radius 2 is 0.889 bits per heavy atom. The normalized spacial score (nSPS) is 14.5. The third kappa shape index (κ3) is 29.0.